The predicted molar refractivity (Wildman–Crippen MR) is 35.6 cm³/mol. The van der Waals surface area contributed by atoms with Gasteiger partial charge in [-0.2, -0.15) is 43.9 Å². The summed E-state index contributed by atoms with van der Waals surface area (Å²) in [5.74, 6) is -17.7. The van der Waals surface area contributed by atoms with Crippen molar-refractivity contribution in [3.05, 3.63) is 0 Å². The SMILES string of the molecule is FC1C(F)(F)C(F)(F)C1(F)OC(C(F)(F)F)C(F)(F)F. The lowest BCUT2D eigenvalue weighted by atomic mass is 9.80. The van der Waals surface area contributed by atoms with Crippen molar-refractivity contribution in [1.82, 2.24) is 0 Å². The summed E-state index contributed by atoms with van der Waals surface area (Å²) in [6.45, 7) is 0. The Labute approximate surface area is 101 Å². The van der Waals surface area contributed by atoms with Gasteiger partial charge in [-0.15, -0.1) is 0 Å². The van der Waals surface area contributed by atoms with E-state index in [1.54, 1.807) is 0 Å². The van der Waals surface area contributed by atoms with E-state index in [0.717, 1.165) is 0 Å². The van der Waals surface area contributed by atoms with Gasteiger partial charge >= 0.3 is 30.1 Å². The lowest BCUT2D eigenvalue weighted by Crippen LogP contribution is -2.80. The molecule has 0 heterocycles. The molecule has 0 amide bonds. The largest absolute Gasteiger partial charge is 0.423 e. The number of hydrogen-bond donors (Lipinski definition) is 0. The third kappa shape index (κ3) is 2.09. The van der Waals surface area contributed by atoms with Gasteiger partial charge in [0.2, 0.25) is 6.17 Å². The van der Waals surface area contributed by atoms with Gasteiger partial charge in [0.15, 0.2) is 0 Å². The maximum atomic E-state index is 13.1. The molecule has 0 spiro atoms. The van der Waals surface area contributed by atoms with Crippen molar-refractivity contribution in [3.8, 4) is 0 Å². The molecule has 1 fully saturated rings. The second-order valence-corrected chi connectivity index (χ2v) is 3.79. The van der Waals surface area contributed by atoms with Crippen LogP contribution in [0.1, 0.15) is 0 Å². The minimum absolute atomic E-state index is 2.34. The molecule has 0 bridgehead atoms. The first kappa shape index (κ1) is 17.2. The van der Waals surface area contributed by atoms with Gasteiger partial charge < -0.3 is 4.74 Å². The predicted octanol–water partition coefficient (Wildman–Crippen LogP) is 3.78. The molecule has 120 valence electrons. The van der Waals surface area contributed by atoms with E-state index in [-0.39, 0.29) is 0 Å². The van der Waals surface area contributed by atoms with Crippen LogP contribution in [-0.4, -0.2) is 42.3 Å². The molecule has 0 aromatic carbocycles. The highest BCUT2D eigenvalue weighted by Crippen LogP contribution is 2.63. The summed E-state index contributed by atoms with van der Waals surface area (Å²) in [6.07, 6.45) is -22.8. The molecule has 0 aromatic heterocycles. The third-order valence-corrected chi connectivity index (χ3v) is 2.38. The zero-order valence-electron chi connectivity index (χ0n) is 8.60. The molecule has 0 aromatic rings. The van der Waals surface area contributed by atoms with Gasteiger partial charge in [-0.25, -0.2) is 8.78 Å². The molecule has 1 nitrogen and oxygen atoms in total. The fraction of sp³-hybridized carbons (Fsp3) is 1.00. The second kappa shape index (κ2) is 4.07. The van der Waals surface area contributed by atoms with E-state index in [1.165, 1.54) is 0 Å². The standard InChI is InChI=1S/C7H2F12O/c8-1-3(9,10)7(18,19)4(1,11)20-2(5(12,13)14)6(15,16)17/h1-2H. The molecule has 0 N–H and O–H groups in total. The summed E-state index contributed by atoms with van der Waals surface area (Å²) in [4.78, 5) is 0. The molecule has 0 radical (unpaired) electrons. The van der Waals surface area contributed by atoms with Crippen LogP contribution in [0.5, 0.6) is 0 Å². The molecular weight excluding hydrogens is 328 g/mol. The first-order valence-electron chi connectivity index (χ1n) is 4.39. The molecule has 0 saturated heterocycles. The van der Waals surface area contributed by atoms with Crippen molar-refractivity contribution in [1.29, 1.82) is 0 Å². The minimum Gasteiger partial charge on any atom is -0.316 e. The molecule has 2 unspecified atom stereocenters. The van der Waals surface area contributed by atoms with Crippen LogP contribution < -0.4 is 0 Å². The Morgan fingerprint density at radius 3 is 1.40 bits per heavy atom. The van der Waals surface area contributed by atoms with E-state index in [2.05, 4.69) is 4.74 Å². The molecule has 0 aliphatic heterocycles. The van der Waals surface area contributed by atoms with Crippen LogP contribution in [0.3, 0.4) is 0 Å². The number of halogens is 12. The van der Waals surface area contributed by atoms with Crippen LogP contribution in [0.4, 0.5) is 52.7 Å². The van der Waals surface area contributed by atoms with Crippen molar-refractivity contribution < 1.29 is 57.4 Å². The van der Waals surface area contributed by atoms with E-state index in [9.17, 15) is 52.7 Å². The monoisotopic (exact) mass is 330 g/mol. The van der Waals surface area contributed by atoms with Crippen molar-refractivity contribution in [2.75, 3.05) is 0 Å². The highest BCUT2D eigenvalue weighted by molar-refractivity contribution is 5.19. The number of hydrogen-bond acceptors (Lipinski definition) is 1. The fourth-order valence-electron chi connectivity index (χ4n) is 1.33. The normalized spacial score (nSPS) is 33.1. The zero-order chi connectivity index (χ0) is 16.4. The summed E-state index contributed by atoms with van der Waals surface area (Å²) >= 11 is 0. The average Bonchev–Trinajstić information content (AvgIpc) is 2.20. The van der Waals surface area contributed by atoms with Crippen LogP contribution >= 0.6 is 0 Å². The van der Waals surface area contributed by atoms with E-state index >= 15 is 0 Å². The molecule has 1 aliphatic carbocycles. The fourth-order valence-corrected chi connectivity index (χ4v) is 1.33. The number of rotatable bonds is 2. The van der Waals surface area contributed by atoms with Gasteiger partial charge in [-0.05, 0) is 0 Å². The minimum atomic E-state index is -6.46. The number of alkyl halides is 12. The molecule has 2 atom stereocenters. The third-order valence-electron chi connectivity index (χ3n) is 2.38. The lowest BCUT2D eigenvalue weighted by Gasteiger charge is -2.51. The summed E-state index contributed by atoms with van der Waals surface area (Å²) in [6, 6.07) is 0. The summed E-state index contributed by atoms with van der Waals surface area (Å²) in [7, 11) is 0. The van der Waals surface area contributed by atoms with Gasteiger partial charge in [0.1, 0.15) is 0 Å². The van der Waals surface area contributed by atoms with Gasteiger partial charge in [0, 0.05) is 0 Å². The van der Waals surface area contributed by atoms with E-state index in [1.807, 2.05) is 0 Å². The summed E-state index contributed by atoms with van der Waals surface area (Å²) in [5, 5.41) is 0. The number of ether oxygens (including phenoxy) is 1. The first-order chi connectivity index (χ1) is 8.49. The van der Waals surface area contributed by atoms with Crippen LogP contribution in [-0.2, 0) is 4.74 Å². The average molecular weight is 330 g/mol. The second-order valence-electron chi connectivity index (χ2n) is 3.79. The molecule has 20 heavy (non-hydrogen) atoms. The van der Waals surface area contributed by atoms with Crippen LogP contribution in [0, 0.1) is 0 Å². The van der Waals surface area contributed by atoms with Gasteiger partial charge in [-0.1, -0.05) is 0 Å². The molecule has 1 rings (SSSR count). The Morgan fingerprint density at radius 2 is 1.15 bits per heavy atom. The highest BCUT2D eigenvalue weighted by atomic mass is 19.4. The van der Waals surface area contributed by atoms with E-state index < -0.39 is 42.3 Å². The van der Waals surface area contributed by atoms with Gasteiger partial charge in [-0.3, -0.25) is 0 Å². The van der Waals surface area contributed by atoms with Crippen molar-refractivity contribution in [2.24, 2.45) is 0 Å². The smallest absolute Gasteiger partial charge is 0.316 e. The summed E-state index contributed by atoms with van der Waals surface area (Å²) < 4.78 is 149. The van der Waals surface area contributed by atoms with Crippen LogP contribution in [0.2, 0.25) is 0 Å². The Morgan fingerprint density at radius 1 is 0.800 bits per heavy atom. The quantitative estimate of drug-likeness (QED) is 0.700. The molecule has 1 aliphatic rings. The Bertz CT molecular complexity index is 368. The molecule has 13 heteroatoms. The Balaban J connectivity index is 3.14. The van der Waals surface area contributed by atoms with Crippen LogP contribution in [0.15, 0.2) is 0 Å². The molecular formula is C7H2F12O. The lowest BCUT2D eigenvalue weighted by molar-refractivity contribution is -0.494. The van der Waals surface area contributed by atoms with Crippen LogP contribution in [0.25, 0.3) is 0 Å². The highest BCUT2D eigenvalue weighted by Gasteiger charge is 2.92. The van der Waals surface area contributed by atoms with Crippen molar-refractivity contribution >= 4 is 0 Å². The molecule has 1 saturated carbocycles. The van der Waals surface area contributed by atoms with Crippen molar-refractivity contribution in [2.45, 2.75) is 42.3 Å². The maximum absolute atomic E-state index is 13.1. The Hall–Kier alpha value is -0.880. The van der Waals surface area contributed by atoms with E-state index in [4.69, 9.17) is 0 Å². The zero-order valence-corrected chi connectivity index (χ0v) is 8.60. The van der Waals surface area contributed by atoms with Crippen molar-refractivity contribution in [3.63, 3.8) is 0 Å². The van der Waals surface area contributed by atoms with Gasteiger partial charge in [0.25, 0.3) is 6.10 Å². The topological polar surface area (TPSA) is 9.23 Å². The van der Waals surface area contributed by atoms with E-state index in [0.29, 0.717) is 0 Å². The maximum Gasteiger partial charge on any atom is 0.423 e. The Kier molecular flexibility index (Phi) is 3.50. The van der Waals surface area contributed by atoms with Gasteiger partial charge in [0.05, 0.1) is 0 Å². The summed E-state index contributed by atoms with van der Waals surface area (Å²) in [5.41, 5.74) is 0. The first-order valence-corrected chi connectivity index (χ1v) is 4.39.